The Balaban J connectivity index is 1.62. The van der Waals surface area contributed by atoms with E-state index in [0.717, 1.165) is 6.42 Å². The van der Waals surface area contributed by atoms with Crippen molar-refractivity contribution in [1.29, 1.82) is 0 Å². The van der Waals surface area contributed by atoms with Gasteiger partial charge in [0.25, 0.3) is 0 Å². The summed E-state index contributed by atoms with van der Waals surface area (Å²) in [5.74, 6) is 0.439. The molecule has 3 N–H and O–H groups in total. The van der Waals surface area contributed by atoms with Crippen molar-refractivity contribution < 1.29 is 9.59 Å². The summed E-state index contributed by atoms with van der Waals surface area (Å²) in [6.45, 7) is 1.43. The van der Waals surface area contributed by atoms with E-state index in [-0.39, 0.29) is 17.9 Å². The Labute approximate surface area is 141 Å². The largest absolute Gasteiger partial charge is 0.325 e. The molecule has 0 spiro atoms. The highest BCUT2D eigenvalue weighted by Gasteiger charge is 2.38. The molecule has 1 heterocycles. The van der Waals surface area contributed by atoms with Gasteiger partial charge in [-0.1, -0.05) is 24.4 Å². The molecular formula is C17H22ClN3O2. The zero-order valence-electron chi connectivity index (χ0n) is 13.2. The van der Waals surface area contributed by atoms with Gasteiger partial charge in [-0.25, -0.2) is 0 Å². The van der Waals surface area contributed by atoms with Crippen LogP contribution in [0.15, 0.2) is 18.2 Å². The van der Waals surface area contributed by atoms with Gasteiger partial charge in [-0.3, -0.25) is 9.59 Å². The van der Waals surface area contributed by atoms with E-state index in [1.54, 1.807) is 18.2 Å². The molecule has 2 fully saturated rings. The number of rotatable bonds is 3. The Kier molecular flexibility index (Phi) is 4.87. The second kappa shape index (κ2) is 6.89. The molecule has 23 heavy (non-hydrogen) atoms. The minimum atomic E-state index is -0.179. The molecule has 1 aromatic carbocycles. The van der Waals surface area contributed by atoms with Crippen LogP contribution in [-0.2, 0) is 9.59 Å². The van der Waals surface area contributed by atoms with Crippen molar-refractivity contribution in [2.24, 2.45) is 5.92 Å². The van der Waals surface area contributed by atoms with Gasteiger partial charge in [-0.15, -0.1) is 0 Å². The van der Waals surface area contributed by atoms with Gasteiger partial charge in [0.1, 0.15) is 0 Å². The second-order valence-corrected chi connectivity index (χ2v) is 6.88. The van der Waals surface area contributed by atoms with Crippen LogP contribution in [0, 0.1) is 5.92 Å². The number of carbonyl (C=O) groups is 2. The van der Waals surface area contributed by atoms with Crippen LogP contribution in [0.2, 0.25) is 5.02 Å². The fraction of sp³-hybridized carbons (Fsp3) is 0.529. The van der Waals surface area contributed by atoms with Gasteiger partial charge in [-0.2, -0.15) is 0 Å². The monoisotopic (exact) mass is 335 g/mol. The van der Waals surface area contributed by atoms with Crippen LogP contribution in [0.4, 0.5) is 11.4 Å². The molecule has 1 saturated carbocycles. The summed E-state index contributed by atoms with van der Waals surface area (Å²) in [7, 11) is 0. The molecule has 3 unspecified atom stereocenters. The van der Waals surface area contributed by atoms with Gasteiger partial charge >= 0.3 is 0 Å². The van der Waals surface area contributed by atoms with Gasteiger partial charge in [0.2, 0.25) is 11.8 Å². The maximum Gasteiger partial charge on any atom is 0.241 e. The van der Waals surface area contributed by atoms with Gasteiger partial charge in [0.15, 0.2) is 0 Å². The zero-order chi connectivity index (χ0) is 16.4. The van der Waals surface area contributed by atoms with Crippen LogP contribution in [0.3, 0.4) is 0 Å². The van der Waals surface area contributed by atoms with Crippen molar-refractivity contribution in [1.82, 2.24) is 5.32 Å². The molecule has 6 heteroatoms. The van der Waals surface area contributed by atoms with Crippen molar-refractivity contribution >= 4 is 34.8 Å². The topological polar surface area (TPSA) is 70.2 Å². The molecule has 0 bridgehead atoms. The van der Waals surface area contributed by atoms with E-state index in [1.807, 2.05) is 0 Å². The number of anilines is 2. The quantitative estimate of drug-likeness (QED) is 0.794. The maximum atomic E-state index is 12.4. The fourth-order valence-electron chi connectivity index (χ4n) is 3.63. The summed E-state index contributed by atoms with van der Waals surface area (Å²) in [5.41, 5.74) is 1.19. The van der Waals surface area contributed by atoms with Crippen LogP contribution >= 0.6 is 11.6 Å². The zero-order valence-corrected chi connectivity index (χ0v) is 14.0. The molecule has 124 valence electrons. The Morgan fingerprint density at radius 3 is 2.70 bits per heavy atom. The van der Waals surface area contributed by atoms with E-state index in [9.17, 15) is 9.59 Å². The van der Waals surface area contributed by atoms with Crippen molar-refractivity contribution in [3.05, 3.63) is 23.2 Å². The van der Waals surface area contributed by atoms with Crippen molar-refractivity contribution in [3.8, 4) is 0 Å². The standard InChI is InChI=1S/C17H22ClN3O2/c1-10(22)19-15-7-6-12(9-13(15)18)20-17(23)16-8-11-4-2-3-5-14(11)21-16/h6-7,9,11,14,16,21H,2-5,8H2,1H3,(H,19,22)(H,20,23). The number of amides is 2. The third-order valence-electron chi connectivity index (χ3n) is 4.73. The molecule has 3 atom stereocenters. The van der Waals surface area contributed by atoms with Crippen LogP contribution < -0.4 is 16.0 Å². The summed E-state index contributed by atoms with van der Waals surface area (Å²) >= 11 is 6.13. The first-order valence-electron chi connectivity index (χ1n) is 8.17. The average Bonchev–Trinajstić information content (AvgIpc) is 2.94. The molecule has 1 aliphatic heterocycles. The maximum absolute atomic E-state index is 12.4. The van der Waals surface area contributed by atoms with E-state index < -0.39 is 0 Å². The summed E-state index contributed by atoms with van der Waals surface area (Å²) in [5, 5.41) is 9.43. The Bertz CT molecular complexity index is 606. The van der Waals surface area contributed by atoms with E-state index in [1.165, 1.54) is 32.6 Å². The molecule has 1 aromatic rings. The van der Waals surface area contributed by atoms with Crippen LogP contribution in [0.5, 0.6) is 0 Å². The number of carbonyl (C=O) groups excluding carboxylic acids is 2. The number of nitrogens with one attached hydrogen (secondary N) is 3. The molecule has 2 aliphatic rings. The molecule has 2 amide bonds. The third-order valence-corrected chi connectivity index (χ3v) is 5.04. The number of fused-ring (bicyclic) bond motifs is 1. The molecular weight excluding hydrogens is 314 g/mol. The second-order valence-electron chi connectivity index (χ2n) is 6.47. The minimum Gasteiger partial charge on any atom is -0.325 e. The lowest BCUT2D eigenvalue weighted by atomic mass is 9.85. The SMILES string of the molecule is CC(=O)Nc1ccc(NC(=O)C2CC3CCCCC3N2)cc1Cl. The van der Waals surface area contributed by atoms with E-state index in [2.05, 4.69) is 16.0 Å². The lowest BCUT2D eigenvalue weighted by Crippen LogP contribution is -2.39. The lowest BCUT2D eigenvalue weighted by Gasteiger charge is -2.24. The molecule has 3 rings (SSSR count). The van der Waals surface area contributed by atoms with Crippen molar-refractivity contribution in [2.75, 3.05) is 10.6 Å². The van der Waals surface area contributed by atoms with E-state index in [4.69, 9.17) is 11.6 Å². The predicted molar refractivity (Wildman–Crippen MR) is 91.7 cm³/mol. The molecule has 1 aliphatic carbocycles. The summed E-state index contributed by atoms with van der Waals surface area (Å²) in [6, 6.07) is 5.47. The first-order valence-corrected chi connectivity index (χ1v) is 8.55. The predicted octanol–water partition coefficient (Wildman–Crippen LogP) is 3.16. The minimum absolute atomic E-state index is 0.0113. The first-order chi connectivity index (χ1) is 11.0. The third kappa shape index (κ3) is 3.85. The van der Waals surface area contributed by atoms with E-state index >= 15 is 0 Å². The first kappa shape index (κ1) is 16.3. The number of benzene rings is 1. The number of halogens is 1. The lowest BCUT2D eigenvalue weighted by molar-refractivity contribution is -0.118. The Hall–Kier alpha value is -1.59. The number of hydrogen-bond acceptors (Lipinski definition) is 3. The summed E-state index contributed by atoms with van der Waals surface area (Å²) in [6.07, 6.45) is 5.83. The van der Waals surface area contributed by atoms with Crippen molar-refractivity contribution in [2.45, 2.75) is 51.1 Å². The fourth-order valence-corrected chi connectivity index (χ4v) is 3.86. The molecule has 0 radical (unpaired) electrons. The summed E-state index contributed by atoms with van der Waals surface area (Å²) < 4.78 is 0. The molecule has 0 aromatic heterocycles. The Morgan fingerprint density at radius 2 is 2.00 bits per heavy atom. The average molecular weight is 336 g/mol. The van der Waals surface area contributed by atoms with Gasteiger partial charge in [0.05, 0.1) is 16.8 Å². The highest BCUT2D eigenvalue weighted by Crippen LogP contribution is 2.33. The van der Waals surface area contributed by atoms with Gasteiger partial charge in [-0.05, 0) is 43.4 Å². The van der Waals surface area contributed by atoms with Crippen molar-refractivity contribution in [3.63, 3.8) is 0 Å². The van der Waals surface area contributed by atoms with Gasteiger partial charge < -0.3 is 16.0 Å². The van der Waals surface area contributed by atoms with Crippen LogP contribution in [-0.4, -0.2) is 23.9 Å². The highest BCUT2D eigenvalue weighted by atomic mass is 35.5. The van der Waals surface area contributed by atoms with Crippen LogP contribution in [0.1, 0.15) is 39.0 Å². The Morgan fingerprint density at radius 1 is 1.22 bits per heavy atom. The van der Waals surface area contributed by atoms with E-state index in [0.29, 0.717) is 28.4 Å². The normalized spacial score (nSPS) is 26.4. The number of hydrogen-bond donors (Lipinski definition) is 3. The molecule has 5 nitrogen and oxygen atoms in total. The van der Waals surface area contributed by atoms with Crippen LogP contribution in [0.25, 0.3) is 0 Å². The highest BCUT2D eigenvalue weighted by molar-refractivity contribution is 6.34. The molecule has 1 saturated heterocycles. The smallest absolute Gasteiger partial charge is 0.241 e. The van der Waals surface area contributed by atoms with Gasteiger partial charge in [0, 0.05) is 18.7 Å². The summed E-state index contributed by atoms with van der Waals surface area (Å²) in [4.78, 5) is 23.5.